The SMILES string of the molecule is O[C@@H]1CCNC[C@H]1N1CCC2(CCCc3ccccc32)CC1. The second kappa shape index (κ2) is 5.95. The van der Waals surface area contributed by atoms with E-state index in [-0.39, 0.29) is 6.10 Å². The van der Waals surface area contributed by atoms with Gasteiger partial charge in [0.1, 0.15) is 0 Å². The molecule has 4 rings (SSSR count). The van der Waals surface area contributed by atoms with Crippen LogP contribution in [0.4, 0.5) is 0 Å². The number of nitrogens with one attached hydrogen (secondary N) is 1. The van der Waals surface area contributed by atoms with Crippen molar-refractivity contribution in [2.75, 3.05) is 26.2 Å². The van der Waals surface area contributed by atoms with Gasteiger partial charge in [-0.25, -0.2) is 0 Å². The fraction of sp³-hybridized carbons (Fsp3) is 0.684. The van der Waals surface area contributed by atoms with E-state index < -0.39 is 0 Å². The highest BCUT2D eigenvalue weighted by atomic mass is 16.3. The van der Waals surface area contributed by atoms with Crippen LogP contribution >= 0.6 is 0 Å². The smallest absolute Gasteiger partial charge is 0.0719 e. The third kappa shape index (κ3) is 2.49. The first-order chi connectivity index (χ1) is 10.8. The van der Waals surface area contributed by atoms with Gasteiger partial charge in [-0.15, -0.1) is 0 Å². The molecule has 2 heterocycles. The van der Waals surface area contributed by atoms with Gasteiger partial charge in [-0.2, -0.15) is 0 Å². The number of aliphatic hydroxyl groups is 1. The van der Waals surface area contributed by atoms with Crippen LogP contribution in [0.15, 0.2) is 24.3 Å². The Morgan fingerprint density at radius 1 is 1.14 bits per heavy atom. The number of likely N-dealkylation sites (tertiary alicyclic amines) is 1. The Kier molecular flexibility index (Phi) is 3.97. The van der Waals surface area contributed by atoms with Crippen molar-refractivity contribution in [3.63, 3.8) is 0 Å². The Balaban J connectivity index is 1.50. The summed E-state index contributed by atoms with van der Waals surface area (Å²) in [6.07, 6.45) is 7.21. The highest BCUT2D eigenvalue weighted by Crippen LogP contribution is 2.45. The fourth-order valence-electron chi connectivity index (χ4n) is 5.01. The molecule has 3 heteroatoms. The summed E-state index contributed by atoms with van der Waals surface area (Å²) in [5.41, 5.74) is 3.63. The summed E-state index contributed by atoms with van der Waals surface area (Å²) in [6.45, 7) is 4.18. The number of hydrogen-bond acceptors (Lipinski definition) is 3. The number of piperidine rings is 2. The summed E-state index contributed by atoms with van der Waals surface area (Å²) in [5.74, 6) is 0. The maximum absolute atomic E-state index is 10.3. The zero-order valence-electron chi connectivity index (χ0n) is 13.4. The van der Waals surface area contributed by atoms with Crippen molar-refractivity contribution >= 4 is 0 Å². The fourth-order valence-corrected chi connectivity index (χ4v) is 5.01. The molecule has 0 bridgehead atoms. The molecule has 2 aliphatic heterocycles. The molecule has 0 saturated carbocycles. The van der Waals surface area contributed by atoms with E-state index in [1.54, 1.807) is 11.1 Å². The van der Waals surface area contributed by atoms with Crippen molar-refractivity contribution in [2.45, 2.75) is 56.1 Å². The van der Waals surface area contributed by atoms with Gasteiger partial charge < -0.3 is 10.4 Å². The summed E-state index contributed by atoms with van der Waals surface area (Å²) >= 11 is 0. The molecule has 22 heavy (non-hydrogen) atoms. The van der Waals surface area contributed by atoms with Crippen LogP contribution in [0.3, 0.4) is 0 Å². The van der Waals surface area contributed by atoms with Gasteiger partial charge >= 0.3 is 0 Å². The lowest BCUT2D eigenvalue weighted by Crippen LogP contribution is -2.57. The molecule has 0 aromatic heterocycles. The number of nitrogens with zero attached hydrogens (tertiary/aromatic N) is 1. The highest BCUT2D eigenvalue weighted by Gasteiger charge is 2.41. The molecular weight excluding hydrogens is 272 g/mol. The molecule has 2 N–H and O–H groups in total. The average Bonchev–Trinajstić information content (AvgIpc) is 2.57. The molecular formula is C19H28N2O. The van der Waals surface area contributed by atoms with Gasteiger partial charge in [0, 0.05) is 12.6 Å². The third-order valence-electron chi connectivity index (χ3n) is 6.33. The summed E-state index contributed by atoms with van der Waals surface area (Å²) in [6, 6.07) is 9.44. The minimum atomic E-state index is -0.144. The largest absolute Gasteiger partial charge is 0.391 e. The van der Waals surface area contributed by atoms with Crippen LogP contribution in [-0.2, 0) is 11.8 Å². The van der Waals surface area contributed by atoms with E-state index in [1.807, 2.05) is 0 Å². The van der Waals surface area contributed by atoms with Gasteiger partial charge in [0.15, 0.2) is 0 Å². The van der Waals surface area contributed by atoms with Crippen LogP contribution in [0.2, 0.25) is 0 Å². The standard InChI is InChI=1S/C19H28N2O/c22-18-7-11-20-14-17(18)21-12-9-19(10-13-21)8-3-5-15-4-1-2-6-16(15)19/h1-2,4,6,17-18,20,22H,3,5,7-14H2/t17-,18-/m1/s1. The minimum absolute atomic E-state index is 0.144. The second-order valence-corrected chi connectivity index (χ2v) is 7.45. The molecule has 2 saturated heterocycles. The zero-order chi connectivity index (χ0) is 15.0. The highest BCUT2D eigenvalue weighted by molar-refractivity contribution is 5.37. The minimum Gasteiger partial charge on any atom is -0.391 e. The van der Waals surface area contributed by atoms with Crippen molar-refractivity contribution in [1.82, 2.24) is 10.2 Å². The van der Waals surface area contributed by atoms with Crippen molar-refractivity contribution in [3.8, 4) is 0 Å². The van der Waals surface area contributed by atoms with E-state index in [4.69, 9.17) is 0 Å². The first kappa shape index (κ1) is 14.7. The molecule has 120 valence electrons. The van der Waals surface area contributed by atoms with E-state index in [0.717, 1.165) is 32.6 Å². The molecule has 1 aliphatic carbocycles. The molecule has 1 aromatic carbocycles. The summed E-state index contributed by atoms with van der Waals surface area (Å²) in [7, 11) is 0. The number of benzene rings is 1. The molecule has 0 radical (unpaired) electrons. The molecule has 0 unspecified atom stereocenters. The Morgan fingerprint density at radius 3 is 2.77 bits per heavy atom. The Labute approximate surface area is 133 Å². The summed E-state index contributed by atoms with van der Waals surface area (Å²) in [4.78, 5) is 2.54. The van der Waals surface area contributed by atoms with Crippen molar-refractivity contribution in [1.29, 1.82) is 0 Å². The Morgan fingerprint density at radius 2 is 1.95 bits per heavy atom. The van der Waals surface area contributed by atoms with E-state index in [0.29, 0.717) is 11.5 Å². The topological polar surface area (TPSA) is 35.5 Å². The molecule has 2 fully saturated rings. The third-order valence-corrected chi connectivity index (χ3v) is 6.33. The monoisotopic (exact) mass is 300 g/mol. The first-order valence-corrected chi connectivity index (χ1v) is 9.00. The molecule has 3 aliphatic rings. The lowest BCUT2D eigenvalue weighted by atomic mass is 9.64. The molecule has 1 aromatic rings. The molecule has 1 spiro atoms. The number of aliphatic hydroxyl groups excluding tert-OH is 1. The average molecular weight is 300 g/mol. The van der Waals surface area contributed by atoms with Crippen LogP contribution < -0.4 is 5.32 Å². The van der Waals surface area contributed by atoms with E-state index in [2.05, 4.69) is 34.5 Å². The van der Waals surface area contributed by atoms with Crippen molar-refractivity contribution in [2.24, 2.45) is 0 Å². The second-order valence-electron chi connectivity index (χ2n) is 7.45. The van der Waals surface area contributed by atoms with Crippen LogP contribution in [0.1, 0.15) is 43.2 Å². The van der Waals surface area contributed by atoms with E-state index >= 15 is 0 Å². The normalized spacial score (nSPS) is 31.9. The van der Waals surface area contributed by atoms with Gasteiger partial charge in [0.05, 0.1) is 6.10 Å². The predicted octanol–water partition coefficient (Wildman–Crippen LogP) is 2.08. The molecule has 0 amide bonds. The molecule has 3 nitrogen and oxygen atoms in total. The predicted molar refractivity (Wildman–Crippen MR) is 89.1 cm³/mol. The molecule has 2 atom stereocenters. The zero-order valence-corrected chi connectivity index (χ0v) is 13.4. The number of rotatable bonds is 1. The lowest BCUT2D eigenvalue weighted by Gasteiger charge is -2.48. The Bertz CT molecular complexity index is 522. The number of hydrogen-bond donors (Lipinski definition) is 2. The van der Waals surface area contributed by atoms with E-state index in [1.165, 1.54) is 32.1 Å². The quantitative estimate of drug-likeness (QED) is 0.833. The van der Waals surface area contributed by atoms with Gasteiger partial charge in [-0.3, -0.25) is 4.90 Å². The van der Waals surface area contributed by atoms with Crippen LogP contribution in [0.5, 0.6) is 0 Å². The van der Waals surface area contributed by atoms with Crippen LogP contribution in [-0.4, -0.2) is 48.3 Å². The van der Waals surface area contributed by atoms with Crippen molar-refractivity contribution < 1.29 is 5.11 Å². The maximum Gasteiger partial charge on any atom is 0.0719 e. The van der Waals surface area contributed by atoms with Gasteiger partial charge in [-0.1, -0.05) is 24.3 Å². The van der Waals surface area contributed by atoms with Gasteiger partial charge in [0.25, 0.3) is 0 Å². The van der Waals surface area contributed by atoms with E-state index in [9.17, 15) is 5.11 Å². The maximum atomic E-state index is 10.3. The van der Waals surface area contributed by atoms with Gasteiger partial charge in [-0.05, 0) is 74.7 Å². The lowest BCUT2D eigenvalue weighted by molar-refractivity contribution is 0.00511. The number of aryl methyl sites for hydroxylation is 1. The van der Waals surface area contributed by atoms with Crippen molar-refractivity contribution in [3.05, 3.63) is 35.4 Å². The summed E-state index contributed by atoms with van der Waals surface area (Å²) < 4.78 is 0. The summed E-state index contributed by atoms with van der Waals surface area (Å²) in [5, 5.41) is 13.7. The number of fused-ring (bicyclic) bond motifs is 2. The first-order valence-electron chi connectivity index (χ1n) is 9.00. The Hall–Kier alpha value is -0.900. The van der Waals surface area contributed by atoms with Gasteiger partial charge in [0.2, 0.25) is 0 Å². The van der Waals surface area contributed by atoms with Crippen LogP contribution in [0.25, 0.3) is 0 Å². The van der Waals surface area contributed by atoms with Crippen LogP contribution in [0, 0.1) is 0 Å².